The average Bonchev–Trinajstić information content (AvgIpc) is 2.79. The molecule has 0 unspecified atom stereocenters. The highest BCUT2D eigenvalue weighted by Crippen LogP contribution is 2.14. The number of carbonyl (C=O) groups excluding carboxylic acids is 2. The van der Waals surface area contributed by atoms with Gasteiger partial charge in [-0.2, -0.15) is 0 Å². The average molecular weight is 306 g/mol. The number of nitrogens with one attached hydrogen (secondary N) is 1. The molecule has 1 rings (SSSR count). The quantitative estimate of drug-likeness (QED) is 0.773. The number of hydrogen-bond acceptors (Lipinski definition) is 4. The molecule has 5 nitrogen and oxygen atoms in total. The first kappa shape index (κ1) is 14.2. The lowest BCUT2D eigenvalue weighted by Gasteiger charge is -2.18. The van der Waals surface area contributed by atoms with Gasteiger partial charge >= 0.3 is 5.97 Å². The maximum Gasteiger partial charge on any atom is 0.328 e. The molecule has 1 amide bonds. The summed E-state index contributed by atoms with van der Waals surface area (Å²) in [5.74, 6) is -0.761. The summed E-state index contributed by atoms with van der Waals surface area (Å²) in [5, 5.41) is 2.61. The lowest BCUT2D eigenvalue weighted by Crippen LogP contribution is -2.45. The third-order valence-corrected chi connectivity index (χ3v) is 2.77. The molecule has 1 fully saturated rings. The van der Waals surface area contributed by atoms with Crippen molar-refractivity contribution in [3.63, 3.8) is 0 Å². The van der Waals surface area contributed by atoms with Crippen LogP contribution >= 0.6 is 15.9 Å². The predicted octanol–water partition coefficient (Wildman–Crippen LogP) is 1.12. The minimum Gasteiger partial charge on any atom is -0.467 e. The second-order valence-corrected chi connectivity index (χ2v) is 4.93. The highest BCUT2D eigenvalue weighted by atomic mass is 79.9. The van der Waals surface area contributed by atoms with E-state index in [0.29, 0.717) is 23.9 Å². The third-order valence-electron chi connectivity index (χ3n) is 2.45. The topological polar surface area (TPSA) is 64.6 Å². The first-order chi connectivity index (χ1) is 8.04. The fourth-order valence-electron chi connectivity index (χ4n) is 1.61. The molecule has 2 atom stereocenters. The van der Waals surface area contributed by atoms with E-state index in [1.165, 1.54) is 7.11 Å². The smallest absolute Gasteiger partial charge is 0.328 e. The largest absolute Gasteiger partial charge is 0.467 e. The van der Waals surface area contributed by atoms with E-state index >= 15 is 0 Å². The summed E-state index contributed by atoms with van der Waals surface area (Å²) < 4.78 is 10.5. The van der Waals surface area contributed by atoms with Gasteiger partial charge in [-0.05, 0) is 17.3 Å². The third kappa shape index (κ3) is 4.47. The molecule has 1 saturated heterocycles. The molecular weight excluding hydrogens is 290 g/mol. The SMILES string of the molecule is C=C(Br)C[C@H](NC(=O)[C@@H]1CCCO1)C(=O)OC. The molecule has 0 aromatic heterocycles. The molecule has 0 aromatic rings. The van der Waals surface area contributed by atoms with Gasteiger partial charge in [-0.1, -0.05) is 22.5 Å². The first-order valence-electron chi connectivity index (χ1n) is 5.37. The normalized spacial score (nSPS) is 20.7. The Morgan fingerprint density at radius 2 is 2.35 bits per heavy atom. The van der Waals surface area contributed by atoms with E-state index in [2.05, 4.69) is 32.6 Å². The molecule has 6 heteroatoms. The van der Waals surface area contributed by atoms with E-state index in [9.17, 15) is 9.59 Å². The van der Waals surface area contributed by atoms with Crippen molar-refractivity contribution in [2.75, 3.05) is 13.7 Å². The number of amides is 1. The Labute approximate surface area is 109 Å². The zero-order valence-corrected chi connectivity index (χ0v) is 11.3. The van der Waals surface area contributed by atoms with Crippen LogP contribution in [0.3, 0.4) is 0 Å². The van der Waals surface area contributed by atoms with Gasteiger partial charge in [-0.25, -0.2) is 4.79 Å². The maximum absolute atomic E-state index is 11.8. The second-order valence-electron chi connectivity index (χ2n) is 3.81. The number of carbonyl (C=O) groups is 2. The molecule has 0 bridgehead atoms. The Morgan fingerprint density at radius 1 is 1.65 bits per heavy atom. The number of methoxy groups -OCH3 is 1. The van der Waals surface area contributed by atoms with Crippen molar-refractivity contribution in [2.24, 2.45) is 0 Å². The molecule has 0 saturated carbocycles. The fraction of sp³-hybridized carbons (Fsp3) is 0.636. The van der Waals surface area contributed by atoms with Crippen LogP contribution in [0.1, 0.15) is 19.3 Å². The molecule has 1 heterocycles. The van der Waals surface area contributed by atoms with Crippen LogP contribution in [-0.4, -0.2) is 37.7 Å². The number of rotatable bonds is 5. The van der Waals surface area contributed by atoms with Gasteiger partial charge in [0.25, 0.3) is 0 Å². The molecule has 1 aliphatic heterocycles. The second kappa shape index (κ2) is 6.76. The summed E-state index contributed by atoms with van der Waals surface area (Å²) in [7, 11) is 1.28. The molecular formula is C11H16BrNO4. The Balaban J connectivity index is 2.55. The van der Waals surface area contributed by atoms with E-state index in [1.807, 2.05) is 0 Å². The van der Waals surface area contributed by atoms with Crippen LogP contribution in [-0.2, 0) is 19.1 Å². The van der Waals surface area contributed by atoms with Crippen LogP contribution in [0.15, 0.2) is 11.1 Å². The van der Waals surface area contributed by atoms with Crippen molar-refractivity contribution < 1.29 is 19.1 Å². The summed E-state index contributed by atoms with van der Waals surface area (Å²) in [6.07, 6.45) is 1.40. The van der Waals surface area contributed by atoms with E-state index in [-0.39, 0.29) is 5.91 Å². The lowest BCUT2D eigenvalue weighted by molar-refractivity contribution is -0.146. The molecule has 0 spiro atoms. The Hall–Kier alpha value is -0.880. The van der Waals surface area contributed by atoms with Crippen molar-refractivity contribution in [1.29, 1.82) is 0 Å². The number of esters is 1. The van der Waals surface area contributed by atoms with Crippen molar-refractivity contribution in [3.8, 4) is 0 Å². The van der Waals surface area contributed by atoms with Crippen molar-refractivity contribution in [3.05, 3.63) is 11.1 Å². The van der Waals surface area contributed by atoms with Crippen LogP contribution in [0.25, 0.3) is 0 Å². The number of ether oxygens (including phenoxy) is 2. The van der Waals surface area contributed by atoms with E-state index in [1.54, 1.807) is 0 Å². The summed E-state index contributed by atoms with van der Waals surface area (Å²) >= 11 is 3.16. The Kier molecular flexibility index (Phi) is 5.64. The van der Waals surface area contributed by atoms with Crippen LogP contribution in [0.4, 0.5) is 0 Å². The maximum atomic E-state index is 11.8. The van der Waals surface area contributed by atoms with Gasteiger partial charge in [-0.3, -0.25) is 4.79 Å². The standard InChI is InChI=1S/C11H16BrNO4/c1-7(12)6-8(11(15)16-2)13-10(14)9-4-3-5-17-9/h8-9H,1,3-6H2,2H3,(H,13,14)/t8-,9-/m0/s1. The lowest BCUT2D eigenvalue weighted by atomic mass is 10.1. The van der Waals surface area contributed by atoms with Gasteiger partial charge in [0.05, 0.1) is 7.11 Å². The van der Waals surface area contributed by atoms with Crippen LogP contribution in [0, 0.1) is 0 Å². The molecule has 96 valence electrons. The summed E-state index contributed by atoms with van der Waals surface area (Å²) in [6.45, 7) is 4.23. The molecule has 0 aliphatic carbocycles. The van der Waals surface area contributed by atoms with Crippen LogP contribution in [0.2, 0.25) is 0 Å². The van der Waals surface area contributed by atoms with Gasteiger partial charge in [0.1, 0.15) is 12.1 Å². The van der Waals surface area contributed by atoms with Gasteiger partial charge in [0.15, 0.2) is 0 Å². The highest BCUT2D eigenvalue weighted by molar-refractivity contribution is 9.11. The van der Waals surface area contributed by atoms with Crippen LogP contribution < -0.4 is 5.32 Å². The Morgan fingerprint density at radius 3 is 2.82 bits per heavy atom. The van der Waals surface area contributed by atoms with E-state index < -0.39 is 18.1 Å². The fourth-order valence-corrected chi connectivity index (χ4v) is 1.93. The molecule has 0 aromatic carbocycles. The monoisotopic (exact) mass is 305 g/mol. The molecule has 1 aliphatic rings. The van der Waals surface area contributed by atoms with Crippen molar-refractivity contribution in [2.45, 2.75) is 31.4 Å². The van der Waals surface area contributed by atoms with Gasteiger partial charge in [0, 0.05) is 13.0 Å². The number of halogens is 1. The summed E-state index contributed by atoms with van der Waals surface area (Å²) in [5.41, 5.74) is 0. The zero-order valence-electron chi connectivity index (χ0n) is 9.70. The Bertz CT molecular complexity index is 313. The van der Waals surface area contributed by atoms with Gasteiger partial charge in [-0.15, -0.1) is 0 Å². The van der Waals surface area contributed by atoms with E-state index in [0.717, 1.165) is 6.42 Å². The minimum absolute atomic E-state index is 0.272. The summed E-state index contributed by atoms with van der Waals surface area (Å²) in [6, 6.07) is -0.719. The van der Waals surface area contributed by atoms with E-state index in [4.69, 9.17) is 4.74 Å². The predicted molar refractivity (Wildman–Crippen MR) is 65.6 cm³/mol. The van der Waals surface area contributed by atoms with Crippen LogP contribution in [0.5, 0.6) is 0 Å². The van der Waals surface area contributed by atoms with Gasteiger partial charge in [0.2, 0.25) is 5.91 Å². The van der Waals surface area contributed by atoms with Crippen molar-refractivity contribution in [1.82, 2.24) is 5.32 Å². The zero-order chi connectivity index (χ0) is 12.8. The summed E-state index contributed by atoms with van der Waals surface area (Å²) in [4.78, 5) is 23.2. The number of hydrogen-bond donors (Lipinski definition) is 1. The van der Waals surface area contributed by atoms with Gasteiger partial charge < -0.3 is 14.8 Å². The highest BCUT2D eigenvalue weighted by Gasteiger charge is 2.28. The minimum atomic E-state index is -0.719. The molecule has 17 heavy (non-hydrogen) atoms. The molecule has 0 radical (unpaired) electrons. The van der Waals surface area contributed by atoms with Crippen molar-refractivity contribution >= 4 is 27.8 Å². The molecule has 1 N–H and O–H groups in total. The first-order valence-corrected chi connectivity index (χ1v) is 6.17.